The Hall–Kier alpha value is 0.270. The summed E-state index contributed by atoms with van der Waals surface area (Å²) in [6, 6.07) is 0. The van der Waals surface area contributed by atoms with Crippen molar-refractivity contribution < 1.29 is 5.11 Å². The van der Waals surface area contributed by atoms with Gasteiger partial charge in [-0.1, -0.05) is 19.8 Å². The third-order valence-electron chi connectivity index (χ3n) is 2.96. The van der Waals surface area contributed by atoms with Gasteiger partial charge in [0.15, 0.2) is 0 Å². The van der Waals surface area contributed by atoms with Crippen LogP contribution in [0.2, 0.25) is 0 Å². The molecule has 0 saturated heterocycles. The van der Waals surface area contributed by atoms with Crippen LogP contribution in [0.5, 0.6) is 0 Å². The van der Waals surface area contributed by atoms with E-state index in [1.807, 2.05) is 11.8 Å². The van der Waals surface area contributed by atoms with E-state index in [0.29, 0.717) is 6.54 Å². The highest BCUT2D eigenvalue weighted by atomic mass is 32.2. The molecule has 0 aliphatic heterocycles. The standard InChI is InChI=1S/C11H23NOS/c1-9-3-2-4-11(7-9)14-6-5-10(13)8-12/h9-11,13H,2-8,12H2,1H3. The van der Waals surface area contributed by atoms with Gasteiger partial charge < -0.3 is 10.8 Å². The summed E-state index contributed by atoms with van der Waals surface area (Å²) in [6.45, 7) is 2.75. The van der Waals surface area contributed by atoms with Crippen LogP contribution in [-0.2, 0) is 0 Å². The van der Waals surface area contributed by atoms with Crippen LogP contribution in [0, 0.1) is 5.92 Å². The van der Waals surface area contributed by atoms with Gasteiger partial charge in [0.25, 0.3) is 0 Å². The fourth-order valence-electron chi connectivity index (χ4n) is 2.02. The maximum Gasteiger partial charge on any atom is 0.0670 e. The Bertz CT molecular complexity index is 154. The Morgan fingerprint density at radius 2 is 2.29 bits per heavy atom. The number of nitrogens with two attached hydrogens (primary N) is 1. The number of aliphatic hydroxyl groups excluding tert-OH is 1. The second-order valence-electron chi connectivity index (χ2n) is 4.44. The van der Waals surface area contributed by atoms with Crippen LogP contribution in [-0.4, -0.2) is 28.8 Å². The van der Waals surface area contributed by atoms with Gasteiger partial charge in [-0.05, 0) is 30.9 Å². The summed E-state index contributed by atoms with van der Waals surface area (Å²) in [5.41, 5.74) is 5.35. The molecule has 0 spiro atoms. The van der Waals surface area contributed by atoms with Crippen LogP contribution >= 0.6 is 11.8 Å². The molecule has 0 amide bonds. The number of aliphatic hydroxyl groups is 1. The molecule has 1 aliphatic rings. The van der Waals surface area contributed by atoms with Gasteiger partial charge in [-0.2, -0.15) is 11.8 Å². The molecule has 2 nitrogen and oxygen atoms in total. The molecule has 1 aliphatic carbocycles. The van der Waals surface area contributed by atoms with Gasteiger partial charge in [0.2, 0.25) is 0 Å². The molecule has 1 saturated carbocycles. The van der Waals surface area contributed by atoms with Crippen LogP contribution < -0.4 is 5.73 Å². The van der Waals surface area contributed by atoms with Gasteiger partial charge in [0.1, 0.15) is 0 Å². The molecule has 0 radical (unpaired) electrons. The molecule has 1 rings (SSSR count). The van der Waals surface area contributed by atoms with Gasteiger partial charge in [0.05, 0.1) is 6.10 Å². The average Bonchev–Trinajstić information content (AvgIpc) is 2.17. The van der Waals surface area contributed by atoms with Crippen LogP contribution in [0.4, 0.5) is 0 Å². The first-order valence-corrected chi connectivity index (χ1v) is 6.77. The minimum atomic E-state index is -0.288. The van der Waals surface area contributed by atoms with Crippen molar-refractivity contribution in [2.75, 3.05) is 12.3 Å². The van der Waals surface area contributed by atoms with Gasteiger partial charge in [-0.25, -0.2) is 0 Å². The van der Waals surface area contributed by atoms with Crippen molar-refractivity contribution >= 4 is 11.8 Å². The van der Waals surface area contributed by atoms with Gasteiger partial charge in [-0.15, -0.1) is 0 Å². The van der Waals surface area contributed by atoms with Crippen LogP contribution in [0.25, 0.3) is 0 Å². The van der Waals surface area contributed by atoms with Crippen molar-refractivity contribution in [1.82, 2.24) is 0 Å². The van der Waals surface area contributed by atoms with Crippen molar-refractivity contribution in [3.8, 4) is 0 Å². The molecule has 0 aromatic heterocycles. The van der Waals surface area contributed by atoms with Crippen molar-refractivity contribution in [2.24, 2.45) is 11.7 Å². The molecule has 84 valence electrons. The van der Waals surface area contributed by atoms with Crippen molar-refractivity contribution in [3.05, 3.63) is 0 Å². The highest BCUT2D eigenvalue weighted by Crippen LogP contribution is 2.32. The molecule has 0 heterocycles. The zero-order valence-electron chi connectivity index (χ0n) is 9.11. The van der Waals surface area contributed by atoms with E-state index >= 15 is 0 Å². The topological polar surface area (TPSA) is 46.2 Å². The first kappa shape index (κ1) is 12.3. The largest absolute Gasteiger partial charge is 0.392 e. The number of thioether (sulfide) groups is 1. The predicted molar refractivity (Wildman–Crippen MR) is 63.6 cm³/mol. The quantitative estimate of drug-likeness (QED) is 0.740. The predicted octanol–water partition coefficient (Wildman–Crippen LogP) is 2.01. The number of rotatable bonds is 5. The maximum absolute atomic E-state index is 9.30. The highest BCUT2D eigenvalue weighted by molar-refractivity contribution is 7.99. The molecule has 14 heavy (non-hydrogen) atoms. The molecule has 1 fully saturated rings. The Balaban J connectivity index is 2.05. The van der Waals surface area contributed by atoms with E-state index in [0.717, 1.165) is 23.3 Å². The maximum atomic E-state index is 9.30. The van der Waals surface area contributed by atoms with E-state index in [4.69, 9.17) is 5.73 Å². The van der Waals surface area contributed by atoms with E-state index in [2.05, 4.69) is 6.92 Å². The molecule has 3 heteroatoms. The smallest absolute Gasteiger partial charge is 0.0670 e. The molecular weight excluding hydrogens is 194 g/mol. The third-order valence-corrected chi connectivity index (χ3v) is 4.34. The molecular formula is C11H23NOS. The highest BCUT2D eigenvalue weighted by Gasteiger charge is 2.18. The summed E-state index contributed by atoms with van der Waals surface area (Å²) in [5, 5.41) is 10.1. The van der Waals surface area contributed by atoms with Crippen LogP contribution in [0.1, 0.15) is 39.0 Å². The molecule has 0 aromatic rings. The minimum absolute atomic E-state index is 0.288. The van der Waals surface area contributed by atoms with Crippen molar-refractivity contribution in [1.29, 1.82) is 0 Å². The zero-order chi connectivity index (χ0) is 10.4. The fourth-order valence-corrected chi connectivity index (χ4v) is 3.56. The SMILES string of the molecule is CC1CCCC(SCCC(O)CN)C1. The van der Waals surface area contributed by atoms with E-state index in [1.54, 1.807) is 0 Å². The zero-order valence-corrected chi connectivity index (χ0v) is 9.93. The Labute approximate surface area is 91.6 Å². The second kappa shape index (κ2) is 6.70. The third kappa shape index (κ3) is 4.67. The Morgan fingerprint density at radius 1 is 1.50 bits per heavy atom. The van der Waals surface area contributed by atoms with Crippen LogP contribution in [0.3, 0.4) is 0 Å². The first-order valence-electron chi connectivity index (χ1n) is 5.72. The molecule has 3 N–H and O–H groups in total. The number of hydrogen-bond acceptors (Lipinski definition) is 3. The monoisotopic (exact) mass is 217 g/mol. The lowest BCUT2D eigenvalue weighted by Gasteiger charge is -2.26. The minimum Gasteiger partial charge on any atom is -0.392 e. The lowest BCUT2D eigenvalue weighted by atomic mass is 9.91. The van der Waals surface area contributed by atoms with Gasteiger partial charge >= 0.3 is 0 Å². The summed E-state index contributed by atoms with van der Waals surface area (Å²) >= 11 is 2.03. The second-order valence-corrected chi connectivity index (χ2v) is 5.85. The van der Waals surface area contributed by atoms with Crippen LogP contribution in [0.15, 0.2) is 0 Å². The summed E-state index contributed by atoms with van der Waals surface area (Å²) in [7, 11) is 0. The summed E-state index contributed by atoms with van der Waals surface area (Å²) < 4.78 is 0. The first-order chi connectivity index (χ1) is 6.72. The van der Waals surface area contributed by atoms with E-state index in [-0.39, 0.29) is 6.10 Å². The van der Waals surface area contributed by atoms with E-state index in [1.165, 1.54) is 25.7 Å². The molecule has 0 bridgehead atoms. The van der Waals surface area contributed by atoms with Gasteiger partial charge in [-0.3, -0.25) is 0 Å². The average molecular weight is 217 g/mol. The lowest BCUT2D eigenvalue weighted by Crippen LogP contribution is -2.21. The lowest BCUT2D eigenvalue weighted by molar-refractivity contribution is 0.180. The Morgan fingerprint density at radius 3 is 2.93 bits per heavy atom. The van der Waals surface area contributed by atoms with Gasteiger partial charge in [0, 0.05) is 11.8 Å². The molecule has 3 atom stereocenters. The summed E-state index contributed by atoms with van der Waals surface area (Å²) in [4.78, 5) is 0. The number of hydrogen-bond donors (Lipinski definition) is 2. The van der Waals surface area contributed by atoms with Crippen molar-refractivity contribution in [2.45, 2.75) is 50.4 Å². The fraction of sp³-hybridized carbons (Fsp3) is 1.00. The van der Waals surface area contributed by atoms with E-state index < -0.39 is 0 Å². The Kier molecular flexibility index (Phi) is 5.90. The molecule has 3 unspecified atom stereocenters. The summed E-state index contributed by atoms with van der Waals surface area (Å²) in [6.07, 6.45) is 6.09. The van der Waals surface area contributed by atoms with Crippen molar-refractivity contribution in [3.63, 3.8) is 0 Å². The van der Waals surface area contributed by atoms with E-state index in [9.17, 15) is 5.11 Å². The normalized spacial score (nSPS) is 30.2. The molecule has 0 aromatic carbocycles. The summed E-state index contributed by atoms with van der Waals surface area (Å²) in [5.74, 6) is 1.97.